The van der Waals surface area contributed by atoms with E-state index >= 15 is 0 Å². The Bertz CT molecular complexity index is 220. The summed E-state index contributed by atoms with van der Waals surface area (Å²) in [6.07, 6.45) is 2.32. The Morgan fingerprint density at radius 3 is 2.80 bits per heavy atom. The van der Waals surface area contributed by atoms with Crippen LogP contribution in [0.3, 0.4) is 0 Å². The molecule has 0 spiro atoms. The van der Waals surface area contributed by atoms with Crippen LogP contribution in [-0.4, -0.2) is 62.0 Å². The summed E-state index contributed by atoms with van der Waals surface area (Å²) < 4.78 is 0. The SMILES string of the molecule is CNC(C)C(=O)N(C)C1CCCN(C)C1. The van der Waals surface area contributed by atoms with Gasteiger partial charge in [0.25, 0.3) is 0 Å². The van der Waals surface area contributed by atoms with E-state index in [-0.39, 0.29) is 11.9 Å². The molecule has 2 unspecified atom stereocenters. The number of nitrogens with one attached hydrogen (secondary N) is 1. The first-order chi connectivity index (χ1) is 7.06. The maximum absolute atomic E-state index is 11.9. The Morgan fingerprint density at radius 2 is 2.27 bits per heavy atom. The second-order valence-corrected chi connectivity index (χ2v) is 4.52. The van der Waals surface area contributed by atoms with Crippen molar-refractivity contribution in [1.29, 1.82) is 0 Å². The zero-order valence-electron chi connectivity index (χ0n) is 10.3. The molecule has 1 fully saturated rings. The van der Waals surface area contributed by atoms with Crippen molar-refractivity contribution in [3.8, 4) is 0 Å². The molecular weight excluding hydrogens is 190 g/mol. The van der Waals surface area contributed by atoms with Gasteiger partial charge in [-0.1, -0.05) is 0 Å². The molecule has 0 aromatic rings. The van der Waals surface area contributed by atoms with Gasteiger partial charge in [-0.15, -0.1) is 0 Å². The number of likely N-dealkylation sites (tertiary alicyclic amines) is 1. The molecule has 2 atom stereocenters. The third-order valence-corrected chi connectivity index (χ3v) is 3.30. The van der Waals surface area contributed by atoms with E-state index in [9.17, 15) is 4.79 Å². The van der Waals surface area contributed by atoms with E-state index in [2.05, 4.69) is 17.3 Å². The molecule has 0 saturated carbocycles. The molecule has 0 aromatic carbocycles. The number of hydrogen-bond donors (Lipinski definition) is 1. The van der Waals surface area contributed by atoms with Crippen molar-refractivity contribution in [1.82, 2.24) is 15.1 Å². The van der Waals surface area contributed by atoms with Gasteiger partial charge in [0, 0.05) is 19.6 Å². The molecule has 1 N–H and O–H groups in total. The standard InChI is InChI=1S/C11H23N3O/c1-9(12-2)11(15)14(4)10-6-5-7-13(3)8-10/h9-10,12H,5-8H2,1-4H3. The maximum Gasteiger partial charge on any atom is 0.239 e. The molecule has 1 aliphatic rings. The van der Waals surface area contributed by atoms with Crippen LogP contribution in [0.5, 0.6) is 0 Å². The van der Waals surface area contributed by atoms with E-state index in [1.54, 1.807) is 0 Å². The second kappa shape index (κ2) is 5.47. The van der Waals surface area contributed by atoms with Gasteiger partial charge in [-0.3, -0.25) is 4.79 Å². The van der Waals surface area contributed by atoms with Crippen molar-refractivity contribution in [2.75, 3.05) is 34.2 Å². The number of carbonyl (C=O) groups is 1. The van der Waals surface area contributed by atoms with E-state index < -0.39 is 0 Å². The quantitative estimate of drug-likeness (QED) is 0.725. The molecule has 4 nitrogen and oxygen atoms in total. The molecule has 4 heteroatoms. The van der Waals surface area contributed by atoms with Gasteiger partial charge in [0.2, 0.25) is 5.91 Å². The molecule has 1 heterocycles. The first-order valence-corrected chi connectivity index (χ1v) is 5.68. The summed E-state index contributed by atoms with van der Waals surface area (Å²) in [7, 11) is 5.86. The van der Waals surface area contributed by atoms with Crippen molar-refractivity contribution in [2.24, 2.45) is 0 Å². The van der Waals surface area contributed by atoms with Crippen LogP contribution in [0.25, 0.3) is 0 Å². The lowest BCUT2D eigenvalue weighted by Gasteiger charge is -2.36. The molecule has 1 aliphatic heterocycles. The average Bonchev–Trinajstić information content (AvgIpc) is 2.26. The van der Waals surface area contributed by atoms with Gasteiger partial charge in [-0.2, -0.15) is 0 Å². The summed E-state index contributed by atoms with van der Waals surface area (Å²) in [6, 6.07) is 0.300. The fourth-order valence-corrected chi connectivity index (χ4v) is 2.06. The number of piperidine rings is 1. The average molecular weight is 213 g/mol. The first-order valence-electron chi connectivity index (χ1n) is 5.68. The van der Waals surface area contributed by atoms with Crippen molar-refractivity contribution in [3.05, 3.63) is 0 Å². The molecular formula is C11H23N3O. The third-order valence-electron chi connectivity index (χ3n) is 3.30. The molecule has 0 radical (unpaired) electrons. The van der Waals surface area contributed by atoms with Crippen LogP contribution in [0.2, 0.25) is 0 Å². The number of nitrogens with zero attached hydrogens (tertiary/aromatic N) is 2. The van der Waals surface area contributed by atoms with Gasteiger partial charge in [-0.05, 0) is 40.4 Å². The van der Waals surface area contributed by atoms with Crippen LogP contribution in [0.1, 0.15) is 19.8 Å². The van der Waals surface area contributed by atoms with Crippen LogP contribution < -0.4 is 5.32 Å². The van der Waals surface area contributed by atoms with Crippen molar-refractivity contribution >= 4 is 5.91 Å². The fraction of sp³-hybridized carbons (Fsp3) is 0.909. The summed E-state index contributed by atoms with van der Waals surface area (Å²) in [5.41, 5.74) is 0. The Hall–Kier alpha value is -0.610. The molecule has 1 saturated heterocycles. The van der Waals surface area contributed by atoms with Crippen LogP contribution >= 0.6 is 0 Å². The molecule has 0 aromatic heterocycles. The van der Waals surface area contributed by atoms with E-state index in [1.165, 1.54) is 6.42 Å². The fourth-order valence-electron chi connectivity index (χ4n) is 2.06. The smallest absolute Gasteiger partial charge is 0.239 e. The van der Waals surface area contributed by atoms with E-state index in [0.29, 0.717) is 6.04 Å². The van der Waals surface area contributed by atoms with Gasteiger partial charge < -0.3 is 15.1 Å². The third kappa shape index (κ3) is 3.18. The van der Waals surface area contributed by atoms with E-state index in [0.717, 1.165) is 19.5 Å². The van der Waals surface area contributed by atoms with Gasteiger partial charge in [0.05, 0.1) is 6.04 Å². The Kier molecular flexibility index (Phi) is 4.54. The molecule has 0 bridgehead atoms. The zero-order valence-corrected chi connectivity index (χ0v) is 10.3. The Balaban J connectivity index is 2.51. The van der Waals surface area contributed by atoms with Gasteiger partial charge >= 0.3 is 0 Å². The van der Waals surface area contributed by atoms with E-state index in [1.807, 2.05) is 25.9 Å². The van der Waals surface area contributed by atoms with Gasteiger partial charge in [0.1, 0.15) is 0 Å². The highest BCUT2D eigenvalue weighted by atomic mass is 16.2. The topological polar surface area (TPSA) is 35.6 Å². The van der Waals surface area contributed by atoms with E-state index in [4.69, 9.17) is 0 Å². The lowest BCUT2D eigenvalue weighted by atomic mass is 10.0. The van der Waals surface area contributed by atoms with Crippen LogP contribution in [0.4, 0.5) is 0 Å². The summed E-state index contributed by atoms with van der Waals surface area (Å²) in [6.45, 7) is 4.06. The summed E-state index contributed by atoms with van der Waals surface area (Å²) in [5.74, 6) is 0.192. The number of rotatable bonds is 3. The van der Waals surface area contributed by atoms with Crippen molar-refractivity contribution in [3.63, 3.8) is 0 Å². The lowest BCUT2D eigenvalue weighted by Crippen LogP contribution is -2.51. The maximum atomic E-state index is 11.9. The molecule has 1 amide bonds. The predicted molar refractivity (Wildman–Crippen MR) is 61.8 cm³/mol. The predicted octanol–water partition coefficient (Wildman–Crippen LogP) is 0.147. The largest absolute Gasteiger partial charge is 0.340 e. The van der Waals surface area contributed by atoms with Gasteiger partial charge in [0.15, 0.2) is 0 Å². The summed E-state index contributed by atoms with van der Waals surface area (Å²) in [4.78, 5) is 16.1. The van der Waals surface area contributed by atoms with Crippen LogP contribution in [-0.2, 0) is 4.79 Å². The highest BCUT2D eigenvalue weighted by Crippen LogP contribution is 2.14. The highest BCUT2D eigenvalue weighted by Gasteiger charge is 2.26. The second-order valence-electron chi connectivity index (χ2n) is 4.52. The minimum atomic E-state index is -0.0813. The van der Waals surface area contributed by atoms with Crippen LogP contribution in [0, 0.1) is 0 Å². The minimum Gasteiger partial charge on any atom is -0.340 e. The highest BCUT2D eigenvalue weighted by molar-refractivity contribution is 5.81. The molecule has 0 aliphatic carbocycles. The monoisotopic (exact) mass is 213 g/mol. The van der Waals surface area contributed by atoms with Crippen molar-refractivity contribution in [2.45, 2.75) is 31.8 Å². The summed E-state index contributed by atoms with van der Waals surface area (Å²) >= 11 is 0. The number of amides is 1. The zero-order chi connectivity index (χ0) is 11.4. The van der Waals surface area contributed by atoms with Crippen molar-refractivity contribution < 1.29 is 4.79 Å². The lowest BCUT2D eigenvalue weighted by molar-refractivity contribution is -0.134. The number of likely N-dealkylation sites (N-methyl/N-ethyl adjacent to an activating group) is 3. The molecule has 88 valence electrons. The Morgan fingerprint density at radius 1 is 1.60 bits per heavy atom. The minimum absolute atomic E-state index is 0.0813. The molecule has 15 heavy (non-hydrogen) atoms. The Labute approximate surface area is 92.6 Å². The first kappa shape index (κ1) is 12.5. The molecule has 1 rings (SSSR count). The number of carbonyl (C=O) groups excluding carboxylic acids is 1. The van der Waals surface area contributed by atoms with Crippen LogP contribution in [0.15, 0.2) is 0 Å². The normalized spacial score (nSPS) is 24.9. The number of hydrogen-bond acceptors (Lipinski definition) is 3. The summed E-state index contributed by atoms with van der Waals surface area (Å²) in [5, 5.41) is 2.99. The van der Waals surface area contributed by atoms with Gasteiger partial charge in [-0.25, -0.2) is 0 Å².